The molecule has 5 nitrogen and oxygen atoms in total. The smallest absolute Gasteiger partial charge is 0.339 e. The molecule has 1 amide bonds. The van der Waals surface area contributed by atoms with Gasteiger partial charge < -0.3 is 14.5 Å². The summed E-state index contributed by atoms with van der Waals surface area (Å²) in [5, 5.41) is 3.47. The number of carbonyl (C=O) groups is 1. The first kappa shape index (κ1) is 16.3. The van der Waals surface area contributed by atoms with Crippen LogP contribution >= 0.6 is 0 Å². The van der Waals surface area contributed by atoms with E-state index in [-0.39, 0.29) is 12.2 Å². The van der Waals surface area contributed by atoms with E-state index in [0.29, 0.717) is 17.0 Å². The minimum Gasteiger partial charge on any atom is -0.484 e. The number of hydrogen-bond donors (Lipinski definition) is 1. The van der Waals surface area contributed by atoms with Gasteiger partial charge in [-0.1, -0.05) is 6.07 Å². The van der Waals surface area contributed by atoms with Gasteiger partial charge in [-0.25, -0.2) is 9.18 Å². The minimum atomic E-state index is -0.430. The molecule has 6 heteroatoms. The molecule has 0 radical (unpaired) electrons. The molecule has 0 unspecified atom stereocenters. The molecule has 0 aliphatic heterocycles. The second-order valence-corrected chi connectivity index (χ2v) is 6.21. The van der Waals surface area contributed by atoms with Gasteiger partial charge in [0.25, 0.3) is 5.91 Å². The van der Waals surface area contributed by atoms with Gasteiger partial charge in [0.2, 0.25) is 0 Å². The van der Waals surface area contributed by atoms with Gasteiger partial charge in [-0.05, 0) is 55.2 Å². The Morgan fingerprint density at radius 1 is 1.15 bits per heavy atom. The monoisotopic (exact) mass is 353 g/mol. The maximum absolute atomic E-state index is 13.1. The summed E-state index contributed by atoms with van der Waals surface area (Å²) in [5.41, 5.74) is 2.33. The fraction of sp³-hybridized carbons (Fsp3) is 0.200. The fourth-order valence-electron chi connectivity index (χ4n) is 3.27. The number of halogens is 1. The van der Waals surface area contributed by atoms with Crippen molar-refractivity contribution in [2.24, 2.45) is 0 Å². The number of hydrogen-bond acceptors (Lipinski definition) is 4. The highest BCUT2D eigenvalue weighted by atomic mass is 19.1. The Hall–Kier alpha value is -3.15. The van der Waals surface area contributed by atoms with Crippen molar-refractivity contribution in [1.29, 1.82) is 0 Å². The van der Waals surface area contributed by atoms with Crippen molar-refractivity contribution < 1.29 is 18.3 Å². The van der Waals surface area contributed by atoms with Crippen molar-refractivity contribution in [3.63, 3.8) is 0 Å². The van der Waals surface area contributed by atoms with Crippen LogP contribution in [0, 0.1) is 5.82 Å². The lowest BCUT2D eigenvalue weighted by molar-refractivity contribution is -0.118. The van der Waals surface area contributed by atoms with E-state index in [4.69, 9.17) is 9.15 Å². The van der Waals surface area contributed by atoms with Crippen LogP contribution < -0.4 is 15.7 Å². The second kappa shape index (κ2) is 6.63. The standard InChI is InChI=1S/C20H16FNO4/c21-12-3-1-4-13(9-12)22-19(23)11-25-14-7-8-16-15-5-2-6-17(15)20(24)26-18(16)10-14/h1,3-4,7-10H,2,5-6,11H2,(H,22,23). The van der Waals surface area contributed by atoms with Gasteiger partial charge in [-0.2, -0.15) is 0 Å². The first-order valence-corrected chi connectivity index (χ1v) is 8.37. The summed E-state index contributed by atoms with van der Waals surface area (Å²) < 4.78 is 24.0. The van der Waals surface area contributed by atoms with E-state index in [1.165, 1.54) is 18.2 Å². The molecule has 26 heavy (non-hydrogen) atoms. The molecule has 1 aromatic heterocycles. The van der Waals surface area contributed by atoms with Crippen LogP contribution in [-0.4, -0.2) is 12.5 Å². The average Bonchev–Trinajstić information content (AvgIpc) is 3.10. The van der Waals surface area contributed by atoms with Crippen LogP contribution in [0.25, 0.3) is 11.0 Å². The normalized spacial score (nSPS) is 12.8. The summed E-state index contributed by atoms with van der Waals surface area (Å²) in [4.78, 5) is 24.0. The average molecular weight is 353 g/mol. The summed E-state index contributed by atoms with van der Waals surface area (Å²) >= 11 is 0. The van der Waals surface area contributed by atoms with Crippen LogP contribution in [0.3, 0.4) is 0 Å². The zero-order valence-electron chi connectivity index (χ0n) is 13.9. The molecule has 0 atom stereocenters. The maximum Gasteiger partial charge on any atom is 0.339 e. The predicted octanol–water partition coefficient (Wildman–Crippen LogP) is 3.44. The number of fused-ring (bicyclic) bond motifs is 3. The van der Waals surface area contributed by atoms with Crippen molar-refractivity contribution in [3.8, 4) is 5.75 Å². The Bertz CT molecular complexity index is 1060. The Labute approximate surface area is 148 Å². The van der Waals surface area contributed by atoms with Gasteiger partial charge in [-0.15, -0.1) is 0 Å². The molecule has 0 fully saturated rings. The molecule has 0 spiro atoms. The Balaban J connectivity index is 1.48. The first-order chi connectivity index (χ1) is 12.6. The van der Waals surface area contributed by atoms with Gasteiger partial charge in [0.15, 0.2) is 6.61 Å². The largest absolute Gasteiger partial charge is 0.484 e. The lowest BCUT2D eigenvalue weighted by atomic mass is 10.1. The summed E-state index contributed by atoms with van der Waals surface area (Å²) in [6.07, 6.45) is 2.58. The Morgan fingerprint density at radius 3 is 2.85 bits per heavy atom. The van der Waals surface area contributed by atoms with Crippen molar-refractivity contribution in [1.82, 2.24) is 0 Å². The zero-order valence-corrected chi connectivity index (χ0v) is 13.9. The van der Waals surface area contributed by atoms with E-state index in [0.717, 1.165) is 35.8 Å². The molecule has 1 heterocycles. The number of anilines is 1. The summed E-state index contributed by atoms with van der Waals surface area (Å²) in [6, 6.07) is 10.8. The zero-order chi connectivity index (χ0) is 18.1. The molecule has 132 valence electrons. The molecule has 3 aromatic rings. The van der Waals surface area contributed by atoms with Crippen LogP contribution in [0.2, 0.25) is 0 Å². The molecule has 1 N–H and O–H groups in total. The summed E-state index contributed by atoms with van der Waals surface area (Å²) in [7, 11) is 0. The number of rotatable bonds is 4. The van der Waals surface area contributed by atoms with Crippen molar-refractivity contribution in [2.75, 3.05) is 11.9 Å². The molecule has 2 aromatic carbocycles. The highest BCUT2D eigenvalue weighted by Crippen LogP contribution is 2.29. The number of benzene rings is 2. The third-order valence-corrected chi connectivity index (χ3v) is 4.42. The third-order valence-electron chi connectivity index (χ3n) is 4.42. The molecule has 4 rings (SSSR count). The van der Waals surface area contributed by atoms with Crippen molar-refractivity contribution in [2.45, 2.75) is 19.3 Å². The minimum absolute atomic E-state index is 0.239. The van der Waals surface area contributed by atoms with Gasteiger partial charge in [0, 0.05) is 22.7 Å². The van der Waals surface area contributed by atoms with Gasteiger partial charge >= 0.3 is 5.63 Å². The maximum atomic E-state index is 13.1. The summed E-state index contributed by atoms with van der Waals surface area (Å²) in [6.45, 7) is -0.239. The lowest BCUT2D eigenvalue weighted by Crippen LogP contribution is -2.20. The molecular weight excluding hydrogens is 337 g/mol. The lowest BCUT2D eigenvalue weighted by Gasteiger charge is -2.09. The number of ether oxygens (including phenoxy) is 1. The van der Waals surface area contributed by atoms with Crippen LogP contribution in [0.15, 0.2) is 51.7 Å². The van der Waals surface area contributed by atoms with Crippen molar-refractivity contribution >= 4 is 22.6 Å². The summed E-state index contributed by atoms with van der Waals surface area (Å²) in [5.74, 6) is -0.417. The molecule has 1 aliphatic rings. The Morgan fingerprint density at radius 2 is 2.00 bits per heavy atom. The van der Waals surface area contributed by atoms with E-state index in [9.17, 15) is 14.0 Å². The van der Waals surface area contributed by atoms with Crippen LogP contribution in [0.5, 0.6) is 5.75 Å². The van der Waals surface area contributed by atoms with Crippen LogP contribution in [0.4, 0.5) is 10.1 Å². The molecule has 0 saturated heterocycles. The van der Waals surface area contributed by atoms with Crippen molar-refractivity contribution in [3.05, 3.63) is 69.8 Å². The Kier molecular flexibility index (Phi) is 4.16. The fourth-order valence-corrected chi connectivity index (χ4v) is 3.27. The molecule has 1 aliphatic carbocycles. The van der Waals surface area contributed by atoms with Gasteiger partial charge in [0.1, 0.15) is 17.1 Å². The first-order valence-electron chi connectivity index (χ1n) is 8.37. The topological polar surface area (TPSA) is 68.5 Å². The van der Waals surface area contributed by atoms with Crippen LogP contribution in [-0.2, 0) is 17.6 Å². The van der Waals surface area contributed by atoms with Gasteiger partial charge in [-0.3, -0.25) is 4.79 Å². The van der Waals surface area contributed by atoms with E-state index < -0.39 is 11.7 Å². The molecular formula is C20H16FNO4. The van der Waals surface area contributed by atoms with E-state index in [2.05, 4.69) is 5.32 Å². The predicted molar refractivity (Wildman–Crippen MR) is 95.0 cm³/mol. The van der Waals surface area contributed by atoms with E-state index in [1.54, 1.807) is 18.2 Å². The highest BCUT2D eigenvalue weighted by molar-refractivity contribution is 5.92. The van der Waals surface area contributed by atoms with E-state index >= 15 is 0 Å². The number of carbonyl (C=O) groups excluding carboxylic acids is 1. The van der Waals surface area contributed by atoms with Gasteiger partial charge in [0.05, 0.1) is 0 Å². The highest BCUT2D eigenvalue weighted by Gasteiger charge is 2.19. The second-order valence-electron chi connectivity index (χ2n) is 6.21. The number of nitrogens with one attached hydrogen (secondary N) is 1. The molecule has 0 bridgehead atoms. The van der Waals surface area contributed by atoms with Crippen LogP contribution in [0.1, 0.15) is 17.5 Å². The quantitative estimate of drug-likeness (QED) is 0.730. The SMILES string of the molecule is O=C(COc1ccc2c3c(c(=O)oc2c1)CCC3)Nc1cccc(F)c1. The number of aryl methyl sites for hydroxylation is 1. The van der Waals surface area contributed by atoms with E-state index in [1.807, 2.05) is 6.07 Å². The number of amides is 1. The molecule has 0 saturated carbocycles. The third kappa shape index (κ3) is 3.18.